The van der Waals surface area contributed by atoms with E-state index in [4.69, 9.17) is 14.2 Å². The van der Waals surface area contributed by atoms with Crippen LogP contribution in [0.15, 0.2) is 35.3 Å². The lowest BCUT2D eigenvalue weighted by Crippen LogP contribution is -2.22. The molecule has 1 aromatic heterocycles. The van der Waals surface area contributed by atoms with E-state index >= 15 is 0 Å². The van der Waals surface area contributed by atoms with E-state index < -0.39 is 33.1 Å². The van der Waals surface area contributed by atoms with Crippen molar-refractivity contribution in [2.75, 3.05) is 13.9 Å². The quantitative estimate of drug-likeness (QED) is 0.315. The van der Waals surface area contributed by atoms with Crippen molar-refractivity contribution in [1.82, 2.24) is 4.57 Å². The smallest absolute Gasteiger partial charge is 0.325 e. The highest BCUT2D eigenvalue weighted by Gasteiger charge is 2.22. The van der Waals surface area contributed by atoms with Gasteiger partial charge in [0.2, 0.25) is 6.79 Å². The fraction of sp³-hybridized carbons (Fsp3) is 0.167. The second-order valence-corrected chi connectivity index (χ2v) is 7.40. The van der Waals surface area contributed by atoms with Gasteiger partial charge < -0.3 is 18.8 Å². The predicted molar refractivity (Wildman–Crippen MR) is 108 cm³/mol. The number of aromatic nitrogens is 1. The van der Waals surface area contributed by atoms with Crippen LogP contribution in [-0.4, -0.2) is 40.2 Å². The van der Waals surface area contributed by atoms with Gasteiger partial charge in [-0.3, -0.25) is 29.8 Å². The fourth-order valence-corrected chi connectivity index (χ4v) is 4.01. The highest BCUT2D eigenvalue weighted by atomic mass is 32.1. The number of non-ortho nitro benzene ring substituents is 2. The number of carbonyl (C=O) groups is 2. The van der Waals surface area contributed by atoms with E-state index in [2.05, 4.69) is 4.99 Å². The summed E-state index contributed by atoms with van der Waals surface area (Å²) >= 11 is 1.05. The van der Waals surface area contributed by atoms with Crippen molar-refractivity contribution in [2.45, 2.75) is 6.54 Å². The van der Waals surface area contributed by atoms with Crippen LogP contribution in [-0.2, 0) is 16.1 Å². The Kier molecular flexibility index (Phi) is 5.28. The molecule has 13 nitrogen and oxygen atoms in total. The Hall–Kier alpha value is -4.33. The summed E-state index contributed by atoms with van der Waals surface area (Å²) in [6.07, 6.45) is 0. The number of nitro groups is 2. The number of methoxy groups -OCH3 is 1. The number of amides is 1. The van der Waals surface area contributed by atoms with E-state index in [0.29, 0.717) is 21.7 Å². The van der Waals surface area contributed by atoms with Crippen LogP contribution in [0.1, 0.15) is 10.4 Å². The number of fused-ring (bicyclic) bond motifs is 2. The molecule has 0 saturated carbocycles. The summed E-state index contributed by atoms with van der Waals surface area (Å²) in [6.45, 7) is -0.234. The van der Waals surface area contributed by atoms with Gasteiger partial charge in [0.1, 0.15) is 6.54 Å². The van der Waals surface area contributed by atoms with E-state index in [1.165, 1.54) is 11.7 Å². The second kappa shape index (κ2) is 8.07. The largest absolute Gasteiger partial charge is 0.468 e. The molecule has 0 saturated heterocycles. The summed E-state index contributed by atoms with van der Waals surface area (Å²) in [5.41, 5.74) is -1.08. The molecule has 164 valence electrons. The molecule has 32 heavy (non-hydrogen) atoms. The zero-order valence-electron chi connectivity index (χ0n) is 16.2. The molecule has 1 aliphatic heterocycles. The van der Waals surface area contributed by atoms with Crippen molar-refractivity contribution < 1.29 is 33.6 Å². The summed E-state index contributed by atoms with van der Waals surface area (Å²) < 4.78 is 17.4. The Morgan fingerprint density at radius 1 is 1.09 bits per heavy atom. The molecule has 0 atom stereocenters. The number of nitro benzene ring substituents is 2. The number of carbonyl (C=O) groups excluding carboxylic acids is 2. The first kappa shape index (κ1) is 20.9. The molecule has 0 spiro atoms. The van der Waals surface area contributed by atoms with Gasteiger partial charge in [0.15, 0.2) is 16.3 Å². The SMILES string of the molecule is COC(=O)Cn1c(=NC(=O)c2cc([N+](=O)[O-])cc([N+](=O)[O-])c2)sc2cc3c(cc21)OCO3. The van der Waals surface area contributed by atoms with Crippen LogP contribution in [0.4, 0.5) is 11.4 Å². The molecule has 0 fully saturated rings. The van der Waals surface area contributed by atoms with E-state index in [0.717, 1.165) is 29.5 Å². The number of esters is 1. The summed E-state index contributed by atoms with van der Waals surface area (Å²) in [4.78, 5) is 49.2. The first-order valence-corrected chi connectivity index (χ1v) is 9.61. The van der Waals surface area contributed by atoms with Crippen LogP contribution in [0.5, 0.6) is 11.5 Å². The average molecular weight is 460 g/mol. The van der Waals surface area contributed by atoms with Gasteiger partial charge in [0.25, 0.3) is 17.3 Å². The molecule has 2 heterocycles. The van der Waals surface area contributed by atoms with Gasteiger partial charge >= 0.3 is 5.97 Å². The minimum absolute atomic E-state index is 0.0465. The van der Waals surface area contributed by atoms with Crippen molar-refractivity contribution >= 4 is 44.8 Å². The molecular weight excluding hydrogens is 448 g/mol. The molecule has 4 rings (SSSR count). The molecular formula is C18H12N4O9S. The summed E-state index contributed by atoms with van der Waals surface area (Å²) in [6, 6.07) is 5.83. The Balaban J connectivity index is 1.87. The maximum atomic E-state index is 12.8. The lowest BCUT2D eigenvalue weighted by atomic mass is 10.1. The molecule has 0 radical (unpaired) electrons. The molecule has 0 N–H and O–H groups in total. The van der Waals surface area contributed by atoms with E-state index in [1.807, 2.05) is 0 Å². The molecule has 2 aromatic carbocycles. The van der Waals surface area contributed by atoms with Crippen molar-refractivity contribution in [3.05, 3.63) is 60.9 Å². The molecule has 14 heteroatoms. The topological polar surface area (TPSA) is 165 Å². The second-order valence-electron chi connectivity index (χ2n) is 6.39. The summed E-state index contributed by atoms with van der Waals surface area (Å²) in [5.74, 6) is -0.637. The van der Waals surface area contributed by atoms with Crippen LogP contribution < -0.4 is 14.3 Å². The van der Waals surface area contributed by atoms with Crippen LogP contribution in [0.3, 0.4) is 0 Å². The molecule has 1 amide bonds. The third-order valence-corrected chi connectivity index (χ3v) is 5.50. The monoisotopic (exact) mass is 460 g/mol. The first-order chi connectivity index (χ1) is 15.3. The minimum atomic E-state index is -0.956. The van der Waals surface area contributed by atoms with E-state index in [9.17, 15) is 29.8 Å². The average Bonchev–Trinajstić information content (AvgIpc) is 3.35. The molecule has 0 aliphatic carbocycles. The molecule has 3 aromatic rings. The van der Waals surface area contributed by atoms with Crippen molar-refractivity contribution in [2.24, 2.45) is 4.99 Å². The van der Waals surface area contributed by atoms with E-state index in [1.54, 1.807) is 12.1 Å². The van der Waals surface area contributed by atoms with Gasteiger partial charge in [0, 0.05) is 24.3 Å². The minimum Gasteiger partial charge on any atom is -0.468 e. The first-order valence-electron chi connectivity index (χ1n) is 8.79. The van der Waals surface area contributed by atoms with Gasteiger partial charge in [0.05, 0.1) is 38.8 Å². The number of hydrogen-bond acceptors (Lipinski definition) is 10. The van der Waals surface area contributed by atoms with E-state index in [-0.39, 0.29) is 23.7 Å². The molecule has 1 aliphatic rings. The van der Waals surface area contributed by atoms with Crippen LogP contribution in [0.25, 0.3) is 10.2 Å². The highest BCUT2D eigenvalue weighted by Crippen LogP contribution is 2.37. The number of nitrogens with zero attached hydrogens (tertiary/aromatic N) is 4. The number of rotatable bonds is 5. The standard InChI is InChI=1S/C18H12N4O9S/c1-29-16(23)7-20-12-5-13-14(31-8-30-13)6-15(12)32-18(20)19-17(24)9-2-10(21(25)26)4-11(3-9)22(27)28/h2-6H,7-8H2,1H3. The third kappa shape index (κ3) is 3.85. The Morgan fingerprint density at radius 3 is 2.31 bits per heavy atom. The van der Waals surface area contributed by atoms with Crippen LogP contribution in [0, 0.1) is 20.2 Å². The normalized spacial score (nSPS) is 12.7. The number of hydrogen-bond donors (Lipinski definition) is 0. The lowest BCUT2D eigenvalue weighted by Gasteiger charge is -2.04. The molecule has 0 unspecified atom stereocenters. The summed E-state index contributed by atoms with van der Waals surface area (Å²) in [7, 11) is 1.20. The Bertz CT molecular complexity index is 1340. The number of thiazole rings is 1. The Morgan fingerprint density at radius 2 is 1.72 bits per heavy atom. The van der Waals surface area contributed by atoms with Crippen LogP contribution in [0.2, 0.25) is 0 Å². The Labute approximate surface area is 181 Å². The fourth-order valence-electron chi connectivity index (χ4n) is 2.97. The highest BCUT2D eigenvalue weighted by molar-refractivity contribution is 7.16. The zero-order valence-corrected chi connectivity index (χ0v) is 17.0. The van der Waals surface area contributed by atoms with Crippen molar-refractivity contribution in [3.8, 4) is 11.5 Å². The molecule has 0 bridgehead atoms. The van der Waals surface area contributed by atoms with Gasteiger partial charge in [-0.25, -0.2) is 0 Å². The predicted octanol–water partition coefficient (Wildman–Crippen LogP) is 2.16. The maximum absolute atomic E-state index is 12.8. The van der Waals surface area contributed by atoms with Crippen molar-refractivity contribution in [1.29, 1.82) is 0 Å². The zero-order chi connectivity index (χ0) is 23.0. The van der Waals surface area contributed by atoms with Crippen molar-refractivity contribution in [3.63, 3.8) is 0 Å². The lowest BCUT2D eigenvalue weighted by molar-refractivity contribution is -0.394. The van der Waals surface area contributed by atoms with Crippen LogP contribution >= 0.6 is 11.3 Å². The number of ether oxygens (including phenoxy) is 3. The number of benzene rings is 2. The van der Waals surface area contributed by atoms with Gasteiger partial charge in [-0.1, -0.05) is 11.3 Å². The van der Waals surface area contributed by atoms with Gasteiger partial charge in [-0.15, -0.1) is 0 Å². The third-order valence-electron chi connectivity index (χ3n) is 4.46. The van der Waals surface area contributed by atoms with Gasteiger partial charge in [-0.2, -0.15) is 4.99 Å². The summed E-state index contributed by atoms with van der Waals surface area (Å²) in [5, 5.41) is 22.2. The van der Waals surface area contributed by atoms with Gasteiger partial charge in [-0.05, 0) is 0 Å². The maximum Gasteiger partial charge on any atom is 0.325 e.